The summed E-state index contributed by atoms with van der Waals surface area (Å²) in [4.78, 5) is 29.2. The highest BCUT2D eigenvalue weighted by molar-refractivity contribution is 7.21. The van der Waals surface area contributed by atoms with E-state index >= 15 is 0 Å². The van der Waals surface area contributed by atoms with E-state index in [-0.39, 0.29) is 4.88 Å². The largest absolute Gasteiger partial charge is 0.451 e. The van der Waals surface area contributed by atoms with Crippen LogP contribution in [0, 0.1) is 6.92 Å². The van der Waals surface area contributed by atoms with Crippen molar-refractivity contribution in [3.63, 3.8) is 0 Å². The lowest BCUT2D eigenvalue weighted by Crippen LogP contribution is -2.20. The summed E-state index contributed by atoms with van der Waals surface area (Å²) >= 11 is 8.82. The van der Waals surface area contributed by atoms with Crippen molar-refractivity contribution in [3.05, 3.63) is 69.4 Å². The number of nitrogens with one attached hydrogen (secondary N) is 1. The molecule has 5 nitrogen and oxygen atoms in total. The molecule has 0 aliphatic rings. The molecule has 1 amide bonds. The Labute approximate surface area is 179 Å². The summed E-state index contributed by atoms with van der Waals surface area (Å²) in [6.45, 7) is 1.60. The van der Waals surface area contributed by atoms with Gasteiger partial charge in [0.25, 0.3) is 5.91 Å². The van der Waals surface area contributed by atoms with Gasteiger partial charge in [-0.05, 0) is 13.0 Å². The number of ether oxygens (including phenoxy) is 1. The molecule has 2 aromatic heterocycles. The zero-order valence-electron chi connectivity index (χ0n) is 15.3. The summed E-state index contributed by atoms with van der Waals surface area (Å²) in [5.74, 6) is -1.08. The Morgan fingerprint density at radius 2 is 1.90 bits per heavy atom. The van der Waals surface area contributed by atoms with E-state index in [1.807, 2.05) is 60.8 Å². The molecule has 0 saturated carbocycles. The molecule has 4 aromatic rings. The number of rotatable bonds is 5. The Hall–Kier alpha value is -2.74. The first kappa shape index (κ1) is 19.6. The minimum Gasteiger partial charge on any atom is -0.451 e. The lowest BCUT2D eigenvalue weighted by Gasteiger charge is -2.04. The van der Waals surface area contributed by atoms with Crippen molar-refractivity contribution in [2.75, 3.05) is 11.9 Å². The molecule has 0 unspecified atom stereocenters. The molecule has 0 radical (unpaired) electrons. The smallest absolute Gasteiger partial charge is 0.350 e. The summed E-state index contributed by atoms with van der Waals surface area (Å²) in [5.41, 5.74) is 2.91. The second kappa shape index (κ2) is 8.32. The average molecular weight is 443 g/mol. The molecular weight excluding hydrogens is 428 g/mol. The summed E-state index contributed by atoms with van der Waals surface area (Å²) in [6, 6.07) is 15.4. The molecular formula is C21H15ClN2O3S2. The fourth-order valence-corrected chi connectivity index (χ4v) is 4.82. The number of aryl methyl sites for hydroxylation is 1. The number of benzene rings is 2. The number of thiazole rings is 1. The van der Waals surface area contributed by atoms with Gasteiger partial charge in [0.2, 0.25) is 0 Å². The first-order valence-electron chi connectivity index (χ1n) is 8.68. The Balaban J connectivity index is 1.37. The minimum absolute atomic E-state index is 0.288. The Kier molecular flexibility index (Phi) is 5.62. The second-order valence-corrected chi connectivity index (χ2v) is 8.56. The van der Waals surface area contributed by atoms with E-state index in [4.69, 9.17) is 16.3 Å². The molecule has 0 aliphatic heterocycles. The van der Waals surface area contributed by atoms with Crippen LogP contribution in [0.25, 0.3) is 21.3 Å². The molecule has 0 fully saturated rings. The zero-order chi connectivity index (χ0) is 20.4. The third-order valence-corrected chi connectivity index (χ3v) is 6.57. The van der Waals surface area contributed by atoms with Gasteiger partial charge in [0, 0.05) is 21.0 Å². The molecule has 0 atom stereocenters. The number of esters is 1. The van der Waals surface area contributed by atoms with E-state index in [2.05, 4.69) is 10.3 Å². The maximum atomic E-state index is 12.3. The Morgan fingerprint density at radius 1 is 1.14 bits per heavy atom. The van der Waals surface area contributed by atoms with Crippen LogP contribution in [-0.2, 0) is 9.53 Å². The number of thiophene rings is 1. The van der Waals surface area contributed by atoms with Crippen LogP contribution in [0.2, 0.25) is 5.02 Å². The van der Waals surface area contributed by atoms with Crippen molar-refractivity contribution in [3.8, 4) is 11.3 Å². The normalized spacial score (nSPS) is 10.8. The van der Waals surface area contributed by atoms with E-state index < -0.39 is 18.5 Å². The predicted molar refractivity (Wildman–Crippen MR) is 118 cm³/mol. The number of carbonyl (C=O) groups excluding carboxylic acids is 2. The first-order valence-corrected chi connectivity index (χ1v) is 10.8. The van der Waals surface area contributed by atoms with Crippen LogP contribution in [0.1, 0.15) is 15.2 Å². The van der Waals surface area contributed by atoms with Gasteiger partial charge in [0.1, 0.15) is 4.88 Å². The Morgan fingerprint density at radius 3 is 2.66 bits per heavy atom. The molecule has 1 N–H and O–H groups in total. The van der Waals surface area contributed by atoms with Gasteiger partial charge in [0.05, 0.1) is 10.7 Å². The maximum absolute atomic E-state index is 12.3. The lowest BCUT2D eigenvalue weighted by molar-refractivity contribution is -0.119. The van der Waals surface area contributed by atoms with Crippen molar-refractivity contribution in [2.45, 2.75) is 6.92 Å². The number of hydrogen-bond acceptors (Lipinski definition) is 6. The van der Waals surface area contributed by atoms with Gasteiger partial charge >= 0.3 is 5.97 Å². The molecule has 29 heavy (non-hydrogen) atoms. The molecule has 2 heterocycles. The van der Waals surface area contributed by atoms with Crippen molar-refractivity contribution < 1.29 is 14.3 Å². The number of anilines is 1. The summed E-state index contributed by atoms with van der Waals surface area (Å²) < 4.78 is 6.02. The van der Waals surface area contributed by atoms with Crippen LogP contribution >= 0.6 is 34.3 Å². The molecule has 0 bridgehead atoms. The molecule has 4 rings (SSSR count). The van der Waals surface area contributed by atoms with Crippen molar-refractivity contribution in [1.29, 1.82) is 0 Å². The minimum atomic E-state index is -0.620. The van der Waals surface area contributed by atoms with Gasteiger partial charge in [-0.1, -0.05) is 59.6 Å². The van der Waals surface area contributed by atoms with Crippen molar-refractivity contribution in [1.82, 2.24) is 4.98 Å². The molecule has 0 aliphatic carbocycles. The highest BCUT2D eigenvalue weighted by Gasteiger charge is 2.19. The number of halogens is 1. The number of fused-ring (bicyclic) bond motifs is 1. The van der Waals surface area contributed by atoms with E-state index in [9.17, 15) is 9.59 Å². The van der Waals surface area contributed by atoms with E-state index in [1.165, 1.54) is 22.7 Å². The van der Waals surface area contributed by atoms with Gasteiger partial charge in [0.15, 0.2) is 11.7 Å². The fraction of sp³-hybridized carbons (Fsp3) is 0.0952. The third kappa shape index (κ3) is 4.32. The predicted octanol–water partition coefficient (Wildman–Crippen LogP) is 5.78. The standard InChI is InChI=1S/C21H15ClN2O3S2/c1-12-6-8-13(9-7-12)15-11-28-21(23-15)24-17(25)10-27-20(26)19-18(22)14-4-2-3-5-16(14)29-19/h2-9,11H,10H2,1H3,(H,23,24,25). The number of carbonyl (C=O) groups is 2. The summed E-state index contributed by atoms with van der Waals surface area (Å²) in [5, 5.41) is 6.10. The quantitative estimate of drug-likeness (QED) is 0.397. The first-order chi connectivity index (χ1) is 14.0. The van der Waals surface area contributed by atoms with Crippen LogP contribution in [0.15, 0.2) is 53.9 Å². The van der Waals surface area contributed by atoms with Gasteiger partial charge in [-0.25, -0.2) is 9.78 Å². The average Bonchev–Trinajstić information content (AvgIpc) is 3.32. The third-order valence-electron chi connectivity index (χ3n) is 4.15. The summed E-state index contributed by atoms with van der Waals surface area (Å²) in [6.07, 6.45) is 0. The van der Waals surface area contributed by atoms with Crippen LogP contribution in [0.4, 0.5) is 5.13 Å². The monoisotopic (exact) mass is 442 g/mol. The Bertz CT molecular complexity index is 1200. The lowest BCUT2D eigenvalue weighted by atomic mass is 10.1. The molecule has 0 saturated heterocycles. The van der Waals surface area contributed by atoms with Crippen LogP contribution < -0.4 is 5.32 Å². The van der Waals surface area contributed by atoms with E-state index in [0.29, 0.717) is 10.2 Å². The second-order valence-electron chi connectivity index (χ2n) is 6.27. The van der Waals surface area contributed by atoms with Crippen molar-refractivity contribution in [2.24, 2.45) is 0 Å². The maximum Gasteiger partial charge on any atom is 0.350 e. The molecule has 2 aromatic carbocycles. The highest BCUT2D eigenvalue weighted by atomic mass is 35.5. The zero-order valence-corrected chi connectivity index (χ0v) is 17.7. The number of amides is 1. The van der Waals surface area contributed by atoms with E-state index in [0.717, 1.165) is 26.9 Å². The topological polar surface area (TPSA) is 68.3 Å². The number of aromatic nitrogens is 1. The fourth-order valence-electron chi connectivity index (χ4n) is 2.69. The molecule has 8 heteroatoms. The van der Waals surface area contributed by atoms with Gasteiger partial charge < -0.3 is 4.74 Å². The van der Waals surface area contributed by atoms with Gasteiger partial charge in [-0.2, -0.15) is 0 Å². The number of nitrogens with zero attached hydrogens (tertiary/aromatic N) is 1. The van der Waals surface area contributed by atoms with Crippen LogP contribution in [0.3, 0.4) is 0 Å². The highest BCUT2D eigenvalue weighted by Crippen LogP contribution is 2.35. The van der Waals surface area contributed by atoms with E-state index in [1.54, 1.807) is 0 Å². The SMILES string of the molecule is Cc1ccc(-c2csc(NC(=O)COC(=O)c3sc4ccccc4c3Cl)n2)cc1. The van der Waals surface area contributed by atoms with Crippen LogP contribution in [-0.4, -0.2) is 23.5 Å². The van der Waals surface area contributed by atoms with Crippen LogP contribution in [0.5, 0.6) is 0 Å². The summed E-state index contributed by atoms with van der Waals surface area (Å²) in [7, 11) is 0. The molecule has 0 spiro atoms. The number of hydrogen-bond donors (Lipinski definition) is 1. The molecule has 146 valence electrons. The van der Waals surface area contributed by atoms with Gasteiger partial charge in [-0.3, -0.25) is 10.1 Å². The van der Waals surface area contributed by atoms with Gasteiger partial charge in [-0.15, -0.1) is 22.7 Å². The van der Waals surface area contributed by atoms with Crippen molar-refractivity contribution >= 4 is 61.4 Å².